The molecule has 0 aromatic heterocycles. The third-order valence-electron chi connectivity index (χ3n) is 5.81. The predicted octanol–water partition coefficient (Wildman–Crippen LogP) is 3.39. The van der Waals surface area contributed by atoms with Crippen LogP contribution in [0.5, 0.6) is 0 Å². The number of alkyl halides is 3. The van der Waals surface area contributed by atoms with Crippen molar-refractivity contribution < 1.29 is 27.7 Å². The highest BCUT2D eigenvalue weighted by molar-refractivity contribution is 6.10. The maximum Gasteiger partial charge on any atom is 0.416 e. The summed E-state index contributed by atoms with van der Waals surface area (Å²) in [4.78, 5) is 40.4. The summed E-state index contributed by atoms with van der Waals surface area (Å²) < 4.78 is 38.8. The van der Waals surface area contributed by atoms with Gasteiger partial charge in [0.2, 0.25) is 5.91 Å². The van der Waals surface area contributed by atoms with Gasteiger partial charge in [-0.05, 0) is 18.2 Å². The molecule has 0 N–H and O–H groups in total. The van der Waals surface area contributed by atoms with Crippen LogP contribution in [0, 0.1) is 10.1 Å². The van der Waals surface area contributed by atoms with Crippen LogP contribution in [0.3, 0.4) is 0 Å². The largest absolute Gasteiger partial charge is 0.416 e. The molecule has 1 fully saturated rings. The summed E-state index contributed by atoms with van der Waals surface area (Å²) in [5.41, 5.74) is -0.0596. The smallest absolute Gasteiger partial charge is 0.362 e. The van der Waals surface area contributed by atoms with Gasteiger partial charge in [-0.3, -0.25) is 24.6 Å². The number of nitro benzene ring substituents is 1. The summed E-state index contributed by atoms with van der Waals surface area (Å²) in [7, 11) is 0. The van der Waals surface area contributed by atoms with Crippen LogP contribution in [-0.4, -0.2) is 59.3 Å². The molecular formula is C22H19F3N4O4. The zero-order valence-electron chi connectivity index (χ0n) is 17.3. The number of carbonyl (C=O) groups is 2. The quantitative estimate of drug-likeness (QED) is 0.516. The fraction of sp³-hybridized carbons (Fsp3) is 0.273. The lowest BCUT2D eigenvalue weighted by Crippen LogP contribution is -2.51. The number of piperazine rings is 1. The molecule has 2 aromatic rings. The first-order valence-electron chi connectivity index (χ1n) is 10.1. The molecule has 2 amide bonds. The number of nitrogens with zero attached hydrogens (tertiary/aromatic N) is 4. The lowest BCUT2D eigenvalue weighted by atomic mass is 10.1. The Morgan fingerprint density at radius 2 is 1.70 bits per heavy atom. The topological polar surface area (TPSA) is 87.0 Å². The van der Waals surface area contributed by atoms with Gasteiger partial charge in [0.1, 0.15) is 12.2 Å². The Hall–Kier alpha value is -3.89. The van der Waals surface area contributed by atoms with E-state index in [1.165, 1.54) is 9.80 Å². The molecule has 0 bridgehead atoms. The van der Waals surface area contributed by atoms with E-state index in [-0.39, 0.29) is 50.2 Å². The first kappa shape index (κ1) is 22.3. The maximum atomic E-state index is 12.9. The fourth-order valence-electron chi connectivity index (χ4n) is 4.05. The molecule has 0 saturated carbocycles. The van der Waals surface area contributed by atoms with Crippen molar-refractivity contribution in [2.75, 3.05) is 37.6 Å². The molecule has 33 heavy (non-hydrogen) atoms. The summed E-state index contributed by atoms with van der Waals surface area (Å²) in [6, 6.07) is 9.36. The van der Waals surface area contributed by atoms with Gasteiger partial charge in [0.05, 0.1) is 10.5 Å². The Labute approximate surface area is 186 Å². The lowest BCUT2D eigenvalue weighted by molar-refractivity contribution is -0.384. The minimum absolute atomic E-state index is 0.0682. The molecule has 0 unspecified atom stereocenters. The summed E-state index contributed by atoms with van der Waals surface area (Å²) in [5.74, 6) is -0.609. The van der Waals surface area contributed by atoms with E-state index >= 15 is 0 Å². The van der Waals surface area contributed by atoms with E-state index < -0.39 is 22.4 Å². The van der Waals surface area contributed by atoms with E-state index in [1.54, 1.807) is 29.2 Å². The summed E-state index contributed by atoms with van der Waals surface area (Å²) >= 11 is 0. The van der Waals surface area contributed by atoms with E-state index in [9.17, 15) is 32.9 Å². The van der Waals surface area contributed by atoms with Crippen molar-refractivity contribution in [3.63, 3.8) is 0 Å². The highest BCUT2D eigenvalue weighted by atomic mass is 19.4. The Balaban J connectivity index is 1.42. The Morgan fingerprint density at radius 3 is 2.27 bits per heavy atom. The standard InChI is InChI=1S/C22H19F3N4O4/c1-14-16-4-2-3-5-17(16)21(31)28(14)13-20(30)27-10-8-26(9-11-27)18-7-6-15(22(23,24)25)12-19(18)29(32)33/h2-7,12H,1,8-11,13H2. The second-order valence-corrected chi connectivity index (χ2v) is 7.71. The molecule has 1 saturated heterocycles. The van der Waals surface area contributed by atoms with Gasteiger partial charge in [0.15, 0.2) is 0 Å². The molecule has 8 nitrogen and oxygen atoms in total. The van der Waals surface area contributed by atoms with Gasteiger partial charge >= 0.3 is 6.18 Å². The van der Waals surface area contributed by atoms with Crippen LogP contribution < -0.4 is 4.90 Å². The molecule has 2 aromatic carbocycles. The van der Waals surface area contributed by atoms with Crippen molar-refractivity contribution in [3.05, 3.63) is 75.8 Å². The van der Waals surface area contributed by atoms with Crippen LogP contribution in [0.15, 0.2) is 49.0 Å². The van der Waals surface area contributed by atoms with Gasteiger partial charge < -0.3 is 9.80 Å². The van der Waals surface area contributed by atoms with E-state index in [2.05, 4.69) is 6.58 Å². The van der Waals surface area contributed by atoms with Crippen LogP contribution in [-0.2, 0) is 11.0 Å². The number of halogens is 3. The minimum Gasteiger partial charge on any atom is -0.362 e. The third-order valence-corrected chi connectivity index (χ3v) is 5.81. The number of anilines is 1. The minimum atomic E-state index is -4.69. The van der Waals surface area contributed by atoms with Gasteiger partial charge in [-0.15, -0.1) is 0 Å². The van der Waals surface area contributed by atoms with Gasteiger partial charge in [-0.2, -0.15) is 13.2 Å². The fourth-order valence-corrected chi connectivity index (χ4v) is 4.05. The average Bonchev–Trinajstić information content (AvgIpc) is 3.03. The molecule has 0 atom stereocenters. The number of hydrogen-bond acceptors (Lipinski definition) is 5. The number of rotatable bonds is 4. The zero-order chi connectivity index (χ0) is 23.9. The normalized spacial score (nSPS) is 16.3. The molecule has 4 rings (SSSR count). The van der Waals surface area contributed by atoms with Gasteiger partial charge in [0.25, 0.3) is 11.6 Å². The molecule has 11 heteroatoms. The second kappa shape index (κ2) is 8.23. The van der Waals surface area contributed by atoms with E-state index in [0.717, 1.165) is 12.1 Å². The van der Waals surface area contributed by atoms with Crippen LogP contribution in [0.1, 0.15) is 21.5 Å². The molecule has 2 aliphatic heterocycles. The van der Waals surface area contributed by atoms with Gasteiger partial charge in [-0.1, -0.05) is 24.8 Å². The highest BCUT2D eigenvalue weighted by Gasteiger charge is 2.36. The Kier molecular flexibility index (Phi) is 5.56. The molecule has 2 aliphatic rings. The van der Waals surface area contributed by atoms with Crippen molar-refractivity contribution in [2.45, 2.75) is 6.18 Å². The molecule has 2 heterocycles. The molecule has 0 radical (unpaired) electrons. The first-order valence-corrected chi connectivity index (χ1v) is 10.1. The molecule has 0 aliphatic carbocycles. The number of carbonyl (C=O) groups excluding carboxylic acids is 2. The van der Waals surface area contributed by atoms with Crippen molar-refractivity contribution in [1.82, 2.24) is 9.80 Å². The van der Waals surface area contributed by atoms with E-state index in [4.69, 9.17) is 0 Å². The van der Waals surface area contributed by atoms with Crippen molar-refractivity contribution in [3.8, 4) is 0 Å². The maximum absolute atomic E-state index is 12.9. The number of nitro groups is 1. The first-order chi connectivity index (χ1) is 15.6. The Morgan fingerprint density at radius 1 is 1.06 bits per heavy atom. The molecule has 0 spiro atoms. The number of benzene rings is 2. The molecular weight excluding hydrogens is 441 g/mol. The Bertz CT molecular complexity index is 1120. The van der Waals surface area contributed by atoms with Crippen molar-refractivity contribution in [2.24, 2.45) is 0 Å². The van der Waals surface area contributed by atoms with Crippen LogP contribution in [0.25, 0.3) is 5.70 Å². The molecule has 172 valence electrons. The van der Waals surface area contributed by atoms with Crippen molar-refractivity contribution in [1.29, 1.82) is 0 Å². The SMILES string of the molecule is C=C1c2ccccc2C(=O)N1CC(=O)N1CCN(c2ccc(C(F)(F)F)cc2[N+](=O)[O-])CC1. The summed E-state index contributed by atoms with van der Waals surface area (Å²) in [6.45, 7) is 4.54. The third kappa shape index (κ3) is 4.13. The summed E-state index contributed by atoms with van der Waals surface area (Å²) in [6.07, 6.45) is -4.69. The summed E-state index contributed by atoms with van der Waals surface area (Å²) in [5, 5.41) is 11.4. The average molecular weight is 460 g/mol. The highest BCUT2D eigenvalue weighted by Crippen LogP contribution is 2.37. The van der Waals surface area contributed by atoms with Gasteiger partial charge in [-0.25, -0.2) is 0 Å². The lowest BCUT2D eigenvalue weighted by Gasteiger charge is -2.36. The predicted molar refractivity (Wildman–Crippen MR) is 113 cm³/mol. The van der Waals surface area contributed by atoms with Crippen LogP contribution >= 0.6 is 0 Å². The number of amides is 2. The van der Waals surface area contributed by atoms with E-state index in [0.29, 0.717) is 22.9 Å². The number of fused-ring (bicyclic) bond motifs is 1. The van der Waals surface area contributed by atoms with Crippen LogP contribution in [0.4, 0.5) is 24.5 Å². The van der Waals surface area contributed by atoms with E-state index in [1.807, 2.05) is 0 Å². The van der Waals surface area contributed by atoms with Gasteiger partial charge in [0, 0.05) is 49.1 Å². The monoisotopic (exact) mass is 460 g/mol. The number of hydrogen-bond donors (Lipinski definition) is 0. The second-order valence-electron chi connectivity index (χ2n) is 7.71. The zero-order valence-corrected chi connectivity index (χ0v) is 17.3. The van der Waals surface area contributed by atoms with Crippen molar-refractivity contribution >= 4 is 28.9 Å². The van der Waals surface area contributed by atoms with Crippen LogP contribution in [0.2, 0.25) is 0 Å².